The largest absolute Gasteiger partial charge is 0.481 e. The second-order valence-corrected chi connectivity index (χ2v) is 4.83. The van der Waals surface area contributed by atoms with Crippen molar-refractivity contribution in [2.75, 3.05) is 6.54 Å². The molecule has 3 unspecified atom stereocenters. The lowest BCUT2D eigenvalue weighted by molar-refractivity contribution is -0.139. The van der Waals surface area contributed by atoms with Crippen LogP contribution in [0.15, 0.2) is 0 Å². The second-order valence-electron chi connectivity index (χ2n) is 4.83. The van der Waals surface area contributed by atoms with Crippen molar-refractivity contribution in [1.82, 2.24) is 0 Å². The summed E-state index contributed by atoms with van der Waals surface area (Å²) < 4.78 is 0. The monoisotopic (exact) mass is 199 g/mol. The van der Waals surface area contributed by atoms with Gasteiger partial charge in [0.05, 0.1) is 6.42 Å². The number of carboxylic acid groups (broad SMARTS) is 1. The average Bonchev–Trinajstić information content (AvgIpc) is 2.42. The van der Waals surface area contributed by atoms with E-state index in [-0.39, 0.29) is 11.8 Å². The minimum absolute atomic E-state index is 0.119. The van der Waals surface area contributed by atoms with Crippen LogP contribution in [0.4, 0.5) is 0 Å². The van der Waals surface area contributed by atoms with Gasteiger partial charge in [0.25, 0.3) is 0 Å². The van der Waals surface area contributed by atoms with Gasteiger partial charge in [-0.1, -0.05) is 20.3 Å². The molecule has 0 aromatic carbocycles. The number of carboxylic acids is 1. The fourth-order valence-electron chi connectivity index (χ4n) is 2.94. The van der Waals surface area contributed by atoms with Gasteiger partial charge in [0.15, 0.2) is 0 Å². The molecule has 3 nitrogen and oxygen atoms in total. The molecule has 3 heteroatoms. The highest BCUT2D eigenvalue weighted by atomic mass is 16.4. The van der Waals surface area contributed by atoms with Crippen molar-refractivity contribution >= 4 is 5.97 Å². The van der Waals surface area contributed by atoms with E-state index in [2.05, 4.69) is 13.8 Å². The minimum Gasteiger partial charge on any atom is -0.481 e. The molecule has 3 atom stereocenters. The van der Waals surface area contributed by atoms with E-state index in [0.29, 0.717) is 18.4 Å². The molecule has 1 saturated carbocycles. The molecule has 1 aliphatic carbocycles. The fraction of sp³-hybridized carbons (Fsp3) is 0.909. The highest BCUT2D eigenvalue weighted by molar-refractivity contribution is 5.67. The highest BCUT2D eigenvalue weighted by Gasteiger charge is 2.42. The Morgan fingerprint density at radius 1 is 1.57 bits per heavy atom. The number of nitrogens with two attached hydrogens (primary N) is 1. The molecule has 1 aliphatic rings. The first-order valence-corrected chi connectivity index (χ1v) is 5.45. The molecule has 82 valence electrons. The summed E-state index contributed by atoms with van der Waals surface area (Å²) in [5, 5.41) is 8.86. The third-order valence-electron chi connectivity index (χ3n) is 3.74. The van der Waals surface area contributed by atoms with Gasteiger partial charge in [-0.25, -0.2) is 0 Å². The maximum Gasteiger partial charge on any atom is 0.303 e. The van der Waals surface area contributed by atoms with Gasteiger partial charge in [0.1, 0.15) is 0 Å². The average molecular weight is 199 g/mol. The summed E-state index contributed by atoms with van der Waals surface area (Å²) >= 11 is 0. The topological polar surface area (TPSA) is 63.3 Å². The van der Waals surface area contributed by atoms with Crippen molar-refractivity contribution in [3.63, 3.8) is 0 Å². The van der Waals surface area contributed by atoms with Crippen molar-refractivity contribution < 1.29 is 9.90 Å². The quantitative estimate of drug-likeness (QED) is 0.726. The zero-order valence-corrected chi connectivity index (χ0v) is 9.12. The van der Waals surface area contributed by atoms with E-state index in [1.54, 1.807) is 0 Å². The lowest BCUT2D eigenvalue weighted by Crippen LogP contribution is -2.30. The lowest BCUT2D eigenvalue weighted by Gasteiger charge is -2.25. The van der Waals surface area contributed by atoms with E-state index in [1.165, 1.54) is 0 Å². The zero-order valence-electron chi connectivity index (χ0n) is 9.12. The Labute approximate surface area is 85.7 Å². The smallest absolute Gasteiger partial charge is 0.303 e. The van der Waals surface area contributed by atoms with E-state index in [4.69, 9.17) is 10.8 Å². The van der Waals surface area contributed by atoms with E-state index >= 15 is 0 Å². The van der Waals surface area contributed by atoms with Crippen LogP contribution in [-0.4, -0.2) is 17.6 Å². The van der Waals surface area contributed by atoms with E-state index in [0.717, 1.165) is 19.3 Å². The fourth-order valence-corrected chi connectivity index (χ4v) is 2.94. The molecule has 3 N–H and O–H groups in total. The molecule has 0 aromatic heterocycles. The van der Waals surface area contributed by atoms with Crippen LogP contribution in [0.3, 0.4) is 0 Å². The zero-order chi connectivity index (χ0) is 10.8. The van der Waals surface area contributed by atoms with Gasteiger partial charge in [-0.05, 0) is 36.6 Å². The number of carbonyl (C=O) groups is 1. The van der Waals surface area contributed by atoms with Crippen LogP contribution in [0.1, 0.15) is 39.5 Å². The predicted octanol–water partition coefficient (Wildman–Crippen LogP) is 1.86. The number of hydrogen-bond acceptors (Lipinski definition) is 2. The summed E-state index contributed by atoms with van der Waals surface area (Å²) in [6.45, 7) is 4.90. The van der Waals surface area contributed by atoms with Crippen LogP contribution in [0, 0.1) is 17.3 Å². The number of aliphatic carboxylic acids is 1. The summed E-state index contributed by atoms with van der Waals surface area (Å²) in [5.74, 6) is 0.584. The maximum absolute atomic E-state index is 10.8. The molecule has 0 aromatic rings. The first kappa shape index (κ1) is 11.5. The van der Waals surface area contributed by atoms with Gasteiger partial charge in [0, 0.05) is 0 Å². The SMILES string of the molecule is CCC1CC(CN)(CC(=O)O)CC1C. The molecule has 0 spiro atoms. The Kier molecular flexibility index (Phi) is 3.53. The summed E-state index contributed by atoms with van der Waals surface area (Å²) in [5.41, 5.74) is 5.61. The Hall–Kier alpha value is -0.570. The van der Waals surface area contributed by atoms with Crippen molar-refractivity contribution in [2.24, 2.45) is 23.0 Å². The molecule has 0 amide bonds. The molecule has 14 heavy (non-hydrogen) atoms. The first-order valence-electron chi connectivity index (χ1n) is 5.45. The summed E-state index contributed by atoms with van der Waals surface area (Å²) in [7, 11) is 0. The summed E-state index contributed by atoms with van der Waals surface area (Å²) in [4.78, 5) is 10.8. The molecule has 0 radical (unpaired) electrons. The van der Waals surface area contributed by atoms with Crippen molar-refractivity contribution in [1.29, 1.82) is 0 Å². The highest BCUT2D eigenvalue weighted by Crippen LogP contribution is 2.48. The molecule has 1 fully saturated rings. The third kappa shape index (κ3) is 2.27. The Bertz CT molecular complexity index is 217. The standard InChI is InChI=1S/C11H21NO2/c1-3-9-5-11(7-12,4-8(9)2)6-10(13)14/h8-9H,3-7,12H2,1-2H3,(H,13,14). The van der Waals surface area contributed by atoms with Crippen LogP contribution in [0.25, 0.3) is 0 Å². The van der Waals surface area contributed by atoms with Crippen LogP contribution in [-0.2, 0) is 4.79 Å². The van der Waals surface area contributed by atoms with Gasteiger partial charge in [0.2, 0.25) is 0 Å². The number of rotatable bonds is 4. The predicted molar refractivity (Wildman–Crippen MR) is 55.9 cm³/mol. The van der Waals surface area contributed by atoms with Gasteiger partial charge >= 0.3 is 5.97 Å². The van der Waals surface area contributed by atoms with Crippen LogP contribution >= 0.6 is 0 Å². The van der Waals surface area contributed by atoms with Crippen molar-refractivity contribution in [3.05, 3.63) is 0 Å². The third-order valence-corrected chi connectivity index (χ3v) is 3.74. The van der Waals surface area contributed by atoms with E-state index < -0.39 is 5.97 Å². The van der Waals surface area contributed by atoms with Crippen LogP contribution < -0.4 is 5.73 Å². The lowest BCUT2D eigenvalue weighted by atomic mass is 9.81. The molecule has 0 saturated heterocycles. The summed E-state index contributed by atoms with van der Waals surface area (Å²) in [6.07, 6.45) is 3.36. The molecule has 0 heterocycles. The molecule has 0 bridgehead atoms. The maximum atomic E-state index is 10.8. The Balaban J connectivity index is 2.68. The molecular weight excluding hydrogens is 178 g/mol. The van der Waals surface area contributed by atoms with Gasteiger partial charge in [-0.2, -0.15) is 0 Å². The number of hydrogen-bond donors (Lipinski definition) is 2. The minimum atomic E-state index is -0.709. The molecule has 1 rings (SSSR count). The molecule has 0 aliphatic heterocycles. The second kappa shape index (κ2) is 4.30. The van der Waals surface area contributed by atoms with Gasteiger partial charge in [-0.15, -0.1) is 0 Å². The molecular formula is C11H21NO2. The normalized spacial score (nSPS) is 37.4. The van der Waals surface area contributed by atoms with Gasteiger partial charge in [-0.3, -0.25) is 4.79 Å². The Morgan fingerprint density at radius 3 is 2.57 bits per heavy atom. The van der Waals surface area contributed by atoms with Crippen LogP contribution in [0.2, 0.25) is 0 Å². The van der Waals surface area contributed by atoms with Crippen LogP contribution in [0.5, 0.6) is 0 Å². The van der Waals surface area contributed by atoms with Crippen molar-refractivity contribution in [2.45, 2.75) is 39.5 Å². The van der Waals surface area contributed by atoms with Gasteiger partial charge < -0.3 is 10.8 Å². The Morgan fingerprint density at radius 2 is 2.21 bits per heavy atom. The summed E-state index contributed by atoms with van der Waals surface area (Å²) in [6, 6.07) is 0. The van der Waals surface area contributed by atoms with E-state index in [1.807, 2.05) is 0 Å². The van der Waals surface area contributed by atoms with E-state index in [9.17, 15) is 4.79 Å². The van der Waals surface area contributed by atoms with Crippen molar-refractivity contribution in [3.8, 4) is 0 Å². The first-order chi connectivity index (χ1) is 6.53.